The Morgan fingerprint density at radius 3 is 3.11 bits per heavy atom. The van der Waals surface area contributed by atoms with E-state index in [-0.39, 0.29) is 30.0 Å². The van der Waals surface area contributed by atoms with Crippen molar-refractivity contribution in [1.82, 2.24) is 0 Å². The van der Waals surface area contributed by atoms with Crippen LogP contribution in [0.25, 0.3) is 0 Å². The molecule has 0 aromatic rings. The first-order valence-corrected chi connectivity index (χ1v) is 7.04. The van der Waals surface area contributed by atoms with Gasteiger partial charge in [-0.2, -0.15) is 0 Å². The maximum atomic E-state index is 11.2. The average molecular weight is 272 g/mol. The average Bonchev–Trinajstić information content (AvgIpc) is 2.80. The van der Waals surface area contributed by atoms with E-state index in [0.29, 0.717) is 12.8 Å². The van der Waals surface area contributed by atoms with Crippen LogP contribution in [0, 0.1) is 11.8 Å². The predicted molar refractivity (Wildman–Crippen MR) is 70.7 cm³/mol. The van der Waals surface area contributed by atoms with Gasteiger partial charge < -0.3 is 14.4 Å². The minimum Gasteiger partial charge on any atom is -0.462 e. The summed E-state index contributed by atoms with van der Waals surface area (Å²) in [5.41, 5.74) is 0. The molecule has 6 atom stereocenters. The standard InChI is InChI=1S/C13H21O4P/c1-2-3-8(17-18)4-5-9-10-6-13(15)16-12(10)7-11(9)14/h4-5,8-12,14H,2-3,6-7,18H2,1H3/b5-4+/t8-,9+,10+,11+,12-/m0/s1. The molecule has 2 aliphatic rings. The molecule has 0 aromatic heterocycles. The molecule has 0 radical (unpaired) electrons. The van der Waals surface area contributed by atoms with Crippen LogP contribution in [-0.2, 0) is 14.1 Å². The van der Waals surface area contributed by atoms with E-state index >= 15 is 0 Å². The first kappa shape index (κ1) is 14.0. The number of hydrogen-bond donors (Lipinski definition) is 1. The lowest BCUT2D eigenvalue weighted by molar-refractivity contribution is -0.141. The number of esters is 1. The molecule has 18 heavy (non-hydrogen) atoms. The third-order valence-electron chi connectivity index (χ3n) is 3.87. The fourth-order valence-electron chi connectivity index (χ4n) is 2.93. The van der Waals surface area contributed by atoms with Gasteiger partial charge in [-0.3, -0.25) is 4.79 Å². The van der Waals surface area contributed by atoms with Crippen molar-refractivity contribution < 1.29 is 19.2 Å². The minimum atomic E-state index is -0.406. The predicted octanol–water partition coefficient (Wildman–Crippen LogP) is 1.83. The molecule has 1 aliphatic carbocycles. The molecule has 0 aromatic carbocycles. The number of carbonyl (C=O) groups excluding carboxylic acids is 1. The van der Waals surface area contributed by atoms with Gasteiger partial charge in [0.05, 0.1) is 18.6 Å². The fraction of sp³-hybridized carbons (Fsp3) is 0.769. The van der Waals surface area contributed by atoms with Crippen molar-refractivity contribution >= 4 is 15.4 Å². The van der Waals surface area contributed by atoms with Gasteiger partial charge in [0.25, 0.3) is 0 Å². The van der Waals surface area contributed by atoms with E-state index in [0.717, 1.165) is 12.8 Å². The Morgan fingerprint density at radius 1 is 1.67 bits per heavy atom. The second-order valence-corrected chi connectivity index (χ2v) is 5.40. The molecule has 5 heteroatoms. The number of aliphatic hydroxyl groups excluding tert-OH is 1. The van der Waals surface area contributed by atoms with Crippen LogP contribution in [0.15, 0.2) is 12.2 Å². The van der Waals surface area contributed by atoms with E-state index in [2.05, 4.69) is 16.4 Å². The summed E-state index contributed by atoms with van der Waals surface area (Å²) in [7, 11) is 2.28. The first-order chi connectivity index (χ1) is 8.65. The van der Waals surface area contributed by atoms with Gasteiger partial charge in [-0.25, -0.2) is 0 Å². The summed E-state index contributed by atoms with van der Waals surface area (Å²) in [4.78, 5) is 11.2. The van der Waals surface area contributed by atoms with Crippen LogP contribution in [0.4, 0.5) is 0 Å². The maximum absolute atomic E-state index is 11.2. The van der Waals surface area contributed by atoms with Crippen molar-refractivity contribution in [3.8, 4) is 0 Å². The highest BCUT2D eigenvalue weighted by molar-refractivity contribution is 7.09. The second-order valence-electron chi connectivity index (χ2n) is 5.12. The molecule has 2 fully saturated rings. The first-order valence-electron chi connectivity index (χ1n) is 6.57. The molecule has 1 heterocycles. The Bertz CT molecular complexity index is 331. The highest BCUT2D eigenvalue weighted by Gasteiger charge is 2.48. The highest BCUT2D eigenvalue weighted by Crippen LogP contribution is 2.42. The van der Waals surface area contributed by atoms with Crippen molar-refractivity contribution in [3.05, 3.63) is 12.2 Å². The van der Waals surface area contributed by atoms with E-state index < -0.39 is 6.10 Å². The van der Waals surface area contributed by atoms with Crippen LogP contribution in [0.3, 0.4) is 0 Å². The molecule has 1 aliphatic heterocycles. The zero-order valence-electron chi connectivity index (χ0n) is 10.6. The van der Waals surface area contributed by atoms with Crippen LogP contribution in [-0.4, -0.2) is 29.4 Å². The topological polar surface area (TPSA) is 55.8 Å². The lowest BCUT2D eigenvalue weighted by Crippen LogP contribution is -2.18. The quantitative estimate of drug-likeness (QED) is 0.471. The van der Waals surface area contributed by atoms with E-state index in [1.807, 2.05) is 12.2 Å². The van der Waals surface area contributed by atoms with Crippen LogP contribution in [0.5, 0.6) is 0 Å². The maximum Gasteiger partial charge on any atom is 0.306 e. The molecular formula is C13H21O4P. The van der Waals surface area contributed by atoms with E-state index in [4.69, 9.17) is 9.26 Å². The van der Waals surface area contributed by atoms with Crippen molar-refractivity contribution in [1.29, 1.82) is 0 Å². The molecule has 2 rings (SSSR count). The smallest absolute Gasteiger partial charge is 0.306 e. The zero-order valence-corrected chi connectivity index (χ0v) is 11.8. The van der Waals surface area contributed by atoms with Gasteiger partial charge >= 0.3 is 5.97 Å². The summed E-state index contributed by atoms with van der Waals surface area (Å²) in [6, 6.07) is 0. The Hall–Kier alpha value is -0.440. The zero-order chi connectivity index (χ0) is 13.1. The summed E-state index contributed by atoms with van der Waals surface area (Å²) in [6.45, 7) is 2.11. The molecule has 102 valence electrons. The Labute approximate surface area is 110 Å². The monoisotopic (exact) mass is 272 g/mol. The molecule has 0 amide bonds. The normalized spacial score (nSPS) is 36.9. The molecule has 1 saturated carbocycles. The second kappa shape index (κ2) is 6.14. The Morgan fingerprint density at radius 2 is 2.44 bits per heavy atom. The number of rotatable bonds is 5. The molecular weight excluding hydrogens is 251 g/mol. The number of fused-ring (bicyclic) bond motifs is 1. The lowest BCUT2D eigenvalue weighted by atomic mass is 9.91. The SMILES string of the molecule is CCC[C@@H](/C=C/[C@@H]1[C@H]2CC(=O)O[C@H]2C[C@H]1O)OP. The summed E-state index contributed by atoms with van der Waals surface area (Å²) in [5.74, 6) is 0.0131. The molecule has 4 nitrogen and oxygen atoms in total. The molecule has 0 spiro atoms. The van der Waals surface area contributed by atoms with E-state index in [9.17, 15) is 9.90 Å². The van der Waals surface area contributed by atoms with Gasteiger partial charge in [-0.05, 0) is 6.42 Å². The Balaban J connectivity index is 1.99. The Kier molecular flexibility index (Phi) is 4.77. The van der Waals surface area contributed by atoms with Gasteiger partial charge in [0, 0.05) is 27.7 Å². The number of hydrogen-bond acceptors (Lipinski definition) is 4. The summed E-state index contributed by atoms with van der Waals surface area (Å²) >= 11 is 0. The van der Waals surface area contributed by atoms with E-state index in [1.165, 1.54) is 0 Å². The molecule has 0 bridgehead atoms. The van der Waals surface area contributed by atoms with Crippen molar-refractivity contribution in [2.75, 3.05) is 0 Å². The van der Waals surface area contributed by atoms with Crippen LogP contribution < -0.4 is 0 Å². The third kappa shape index (κ3) is 2.93. The fourth-order valence-corrected chi connectivity index (χ4v) is 3.16. The van der Waals surface area contributed by atoms with Gasteiger partial charge in [-0.1, -0.05) is 25.5 Å². The summed E-state index contributed by atoms with van der Waals surface area (Å²) < 4.78 is 10.5. The summed E-state index contributed by atoms with van der Waals surface area (Å²) in [6.07, 6.45) is 6.54. The largest absolute Gasteiger partial charge is 0.462 e. The van der Waals surface area contributed by atoms with Gasteiger partial charge in [0.1, 0.15) is 6.10 Å². The molecule has 1 saturated heterocycles. The van der Waals surface area contributed by atoms with Gasteiger partial charge in [-0.15, -0.1) is 0 Å². The van der Waals surface area contributed by atoms with E-state index in [1.54, 1.807) is 0 Å². The van der Waals surface area contributed by atoms with Crippen molar-refractivity contribution in [3.63, 3.8) is 0 Å². The van der Waals surface area contributed by atoms with Crippen LogP contribution in [0.1, 0.15) is 32.6 Å². The van der Waals surface area contributed by atoms with Crippen LogP contribution in [0.2, 0.25) is 0 Å². The number of aliphatic hydroxyl groups is 1. The lowest BCUT2D eigenvalue weighted by Gasteiger charge is -2.16. The number of carbonyl (C=O) groups is 1. The van der Waals surface area contributed by atoms with Crippen molar-refractivity contribution in [2.45, 2.75) is 50.9 Å². The van der Waals surface area contributed by atoms with Gasteiger partial charge in [0.2, 0.25) is 0 Å². The highest BCUT2D eigenvalue weighted by atomic mass is 31.0. The minimum absolute atomic E-state index is 0.0148. The van der Waals surface area contributed by atoms with Crippen LogP contribution >= 0.6 is 9.47 Å². The summed E-state index contributed by atoms with van der Waals surface area (Å²) in [5, 5.41) is 10.0. The number of ether oxygens (including phenoxy) is 1. The van der Waals surface area contributed by atoms with Crippen molar-refractivity contribution in [2.24, 2.45) is 11.8 Å². The molecule has 1 unspecified atom stereocenters. The third-order valence-corrected chi connectivity index (χ3v) is 4.22. The van der Waals surface area contributed by atoms with Gasteiger partial charge in [0.15, 0.2) is 0 Å². The molecule has 1 N–H and O–H groups in total.